The second kappa shape index (κ2) is 8.82. The molecule has 0 aliphatic carbocycles. The van der Waals surface area contributed by atoms with E-state index in [2.05, 4.69) is 16.7 Å². The molecule has 0 unspecified atom stereocenters. The summed E-state index contributed by atoms with van der Waals surface area (Å²) in [6, 6.07) is 0.652. The quantitative estimate of drug-likeness (QED) is 0.714. The maximum Gasteiger partial charge on any atom is 0.310 e. The van der Waals surface area contributed by atoms with Crippen LogP contribution in [-0.4, -0.2) is 85.6 Å². The Labute approximate surface area is 133 Å². The highest BCUT2D eigenvalue weighted by atomic mass is 16.5. The molecule has 1 N–H and O–H groups in total. The van der Waals surface area contributed by atoms with E-state index >= 15 is 0 Å². The number of morpholine rings is 1. The summed E-state index contributed by atoms with van der Waals surface area (Å²) in [6.45, 7) is 9.76. The van der Waals surface area contributed by atoms with Crippen molar-refractivity contribution >= 4 is 5.97 Å². The van der Waals surface area contributed by atoms with Crippen LogP contribution in [0.2, 0.25) is 0 Å². The summed E-state index contributed by atoms with van der Waals surface area (Å²) in [7, 11) is 0. The van der Waals surface area contributed by atoms with Gasteiger partial charge in [-0.15, -0.1) is 0 Å². The number of rotatable bonds is 6. The molecule has 0 spiro atoms. The van der Waals surface area contributed by atoms with Crippen molar-refractivity contribution in [3.05, 3.63) is 0 Å². The Morgan fingerprint density at radius 1 is 1.36 bits per heavy atom. The average molecular weight is 314 g/mol. The van der Waals surface area contributed by atoms with Crippen molar-refractivity contribution in [2.24, 2.45) is 5.92 Å². The van der Waals surface area contributed by atoms with E-state index in [1.807, 2.05) is 6.92 Å². The summed E-state index contributed by atoms with van der Waals surface area (Å²) < 4.78 is 10.6. The molecule has 0 aromatic carbocycles. The zero-order chi connectivity index (χ0) is 15.9. The number of ether oxygens (including phenoxy) is 2. The molecule has 2 heterocycles. The molecule has 2 aliphatic heterocycles. The van der Waals surface area contributed by atoms with Gasteiger partial charge in [-0.3, -0.25) is 9.69 Å². The second-order valence-corrected chi connectivity index (χ2v) is 6.50. The predicted molar refractivity (Wildman–Crippen MR) is 83.7 cm³/mol. The van der Waals surface area contributed by atoms with Crippen LogP contribution in [0.3, 0.4) is 0 Å². The number of aliphatic hydroxyl groups is 1. The van der Waals surface area contributed by atoms with E-state index in [0.717, 1.165) is 52.2 Å². The molecule has 2 rings (SSSR count). The fourth-order valence-corrected chi connectivity index (χ4v) is 3.39. The van der Waals surface area contributed by atoms with Gasteiger partial charge in [0.1, 0.15) is 6.61 Å². The molecule has 2 saturated heterocycles. The fraction of sp³-hybridized carbons (Fsp3) is 0.938. The summed E-state index contributed by atoms with van der Waals surface area (Å²) in [5.41, 5.74) is 0. The number of hydrogen-bond donors (Lipinski definition) is 1. The van der Waals surface area contributed by atoms with Gasteiger partial charge in [0.05, 0.1) is 25.2 Å². The third-order valence-corrected chi connectivity index (χ3v) is 4.62. The minimum Gasteiger partial charge on any atom is -0.463 e. The summed E-state index contributed by atoms with van der Waals surface area (Å²) in [5, 5.41) is 8.69. The van der Waals surface area contributed by atoms with E-state index in [1.165, 1.54) is 0 Å². The van der Waals surface area contributed by atoms with Gasteiger partial charge in [-0.1, -0.05) is 6.92 Å². The van der Waals surface area contributed by atoms with Crippen molar-refractivity contribution < 1.29 is 19.4 Å². The zero-order valence-corrected chi connectivity index (χ0v) is 13.9. The van der Waals surface area contributed by atoms with Gasteiger partial charge in [0.2, 0.25) is 0 Å². The monoisotopic (exact) mass is 314 g/mol. The molecule has 128 valence electrons. The maximum absolute atomic E-state index is 11.7. The number of hydrogen-bond acceptors (Lipinski definition) is 6. The summed E-state index contributed by atoms with van der Waals surface area (Å²) in [4.78, 5) is 16.7. The van der Waals surface area contributed by atoms with Gasteiger partial charge in [-0.25, -0.2) is 0 Å². The predicted octanol–water partition coefficient (Wildman–Crippen LogP) is 0.343. The number of likely N-dealkylation sites (tertiary alicyclic amines) is 1. The van der Waals surface area contributed by atoms with Gasteiger partial charge < -0.3 is 19.5 Å². The topological polar surface area (TPSA) is 62.2 Å². The second-order valence-electron chi connectivity index (χ2n) is 6.50. The van der Waals surface area contributed by atoms with Gasteiger partial charge in [0.15, 0.2) is 0 Å². The van der Waals surface area contributed by atoms with E-state index in [1.54, 1.807) is 0 Å². The molecule has 2 aliphatic rings. The van der Waals surface area contributed by atoms with Gasteiger partial charge >= 0.3 is 5.97 Å². The lowest BCUT2D eigenvalue weighted by atomic mass is 10.0. The number of nitrogens with zero attached hydrogens (tertiary/aromatic N) is 2. The van der Waals surface area contributed by atoms with Crippen LogP contribution in [0.5, 0.6) is 0 Å². The van der Waals surface area contributed by atoms with E-state index in [0.29, 0.717) is 12.1 Å². The third-order valence-electron chi connectivity index (χ3n) is 4.62. The van der Waals surface area contributed by atoms with E-state index in [4.69, 9.17) is 14.6 Å². The highest BCUT2D eigenvalue weighted by Crippen LogP contribution is 2.20. The van der Waals surface area contributed by atoms with Crippen LogP contribution in [0.25, 0.3) is 0 Å². The lowest BCUT2D eigenvalue weighted by molar-refractivity contribution is -0.149. The Morgan fingerprint density at radius 3 is 2.73 bits per heavy atom. The van der Waals surface area contributed by atoms with Crippen LogP contribution < -0.4 is 0 Å². The Morgan fingerprint density at radius 2 is 2.09 bits per heavy atom. The average Bonchev–Trinajstić information content (AvgIpc) is 2.53. The van der Waals surface area contributed by atoms with Crippen molar-refractivity contribution in [1.82, 2.24) is 9.80 Å². The number of aliphatic hydroxyl groups excluding tert-OH is 1. The first kappa shape index (κ1) is 17.7. The van der Waals surface area contributed by atoms with Crippen LogP contribution in [0.4, 0.5) is 0 Å². The largest absolute Gasteiger partial charge is 0.463 e. The van der Waals surface area contributed by atoms with Crippen LogP contribution >= 0.6 is 0 Å². The Hall–Kier alpha value is -0.690. The van der Waals surface area contributed by atoms with Crippen molar-refractivity contribution in [2.45, 2.75) is 38.8 Å². The summed E-state index contributed by atoms with van der Waals surface area (Å²) in [5.74, 6) is -0.343. The molecule has 0 radical (unpaired) electrons. The van der Waals surface area contributed by atoms with E-state index in [9.17, 15) is 4.79 Å². The molecule has 2 fully saturated rings. The van der Waals surface area contributed by atoms with Crippen LogP contribution in [-0.2, 0) is 14.3 Å². The highest BCUT2D eigenvalue weighted by Gasteiger charge is 2.29. The summed E-state index contributed by atoms with van der Waals surface area (Å²) in [6.07, 6.45) is 2.66. The SMILES string of the molecule is C[C@@H]1CN(C2CCN(C[C@@H](C)C(=O)OCCO)CC2)CCO1. The molecule has 22 heavy (non-hydrogen) atoms. The van der Waals surface area contributed by atoms with E-state index in [-0.39, 0.29) is 25.1 Å². The molecule has 6 heteroatoms. The smallest absolute Gasteiger partial charge is 0.310 e. The Balaban J connectivity index is 1.69. The number of carbonyl (C=O) groups is 1. The standard InChI is InChI=1S/C16H30N2O4/c1-13(16(20)22-10-8-19)11-17-5-3-15(4-6-17)18-7-9-21-14(2)12-18/h13-15,19H,3-12H2,1-2H3/t13-,14-/m1/s1. The first-order chi connectivity index (χ1) is 10.6. The molecular weight excluding hydrogens is 284 g/mol. The Kier molecular flexibility index (Phi) is 7.08. The number of carbonyl (C=O) groups excluding carboxylic acids is 1. The first-order valence-corrected chi connectivity index (χ1v) is 8.45. The lowest BCUT2D eigenvalue weighted by Gasteiger charge is -2.42. The normalized spacial score (nSPS) is 26.8. The third kappa shape index (κ3) is 5.19. The number of esters is 1. The number of piperidine rings is 1. The van der Waals surface area contributed by atoms with Crippen molar-refractivity contribution in [1.29, 1.82) is 0 Å². The van der Waals surface area contributed by atoms with Gasteiger partial charge in [-0.2, -0.15) is 0 Å². The Bertz CT molecular complexity index is 345. The first-order valence-electron chi connectivity index (χ1n) is 8.45. The fourth-order valence-electron chi connectivity index (χ4n) is 3.39. The maximum atomic E-state index is 11.7. The van der Waals surface area contributed by atoms with Crippen molar-refractivity contribution in [3.8, 4) is 0 Å². The minimum atomic E-state index is -0.210. The molecule has 0 amide bonds. The molecule has 0 bridgehead atoms. The summed E-state index contributed by atoms with van der Waals surface area (Å²) >= 11 is 0. The van der Waals surface area contributed by atoms with Gasteiger partial charge in [0, 0.05) is 25.7 Å². The van der Waals surface area contributed by atoms with Crippen molar-refractivity contribution in [3.63, 3.8) is 0 Å². The molecule has 2 atom stereocenters. The van der Waals surface area contributed by atoms with Gasteiger partial charge in [-0.05, 0) is 32.9 Å². The molecule has 0 aromatic rings. The van der Waals surface area contributed by atoms with E-state index < -0.39 is 0 Å². The van der Waals surface area contributed by atoms with Crippen LogP contribution in [0.1, 0.15) is 26.7 Å². The minimum absolute atomic E-state index is 0.0977. The zero-order valence-electron chi connectivity index (χ0n) is 13.9. The van der Waals surface area contributed by atoms with Crippen LogP contribution in [0.15, 0.2) is 0 Å². The molecule has 0 aromatic heterocycles. The van der Waals surface area contributed by atoms with Crippen molar-refractivity contribution in [2.75, 3.05) is 52.5 Å². The highest BCUT2D eigenvalue weighted by molar-refractivity contribution is 5.72. The lowest BCUT2D eigenvalue weighted by Crippen LogP contribution is -2.51. The molecule has 6 nitrogen and oxygen atoms in total. The molecule has 0 saturated carbocycles. The molecular formula is C16H30N2O4. The van der Waals surface area contributed by atoms with Crippen LogP contribution in [0, 0.1) is 5.92 Å². The van der Waals surface area contributed by atoms with Gasteiger partial charge in [0.25, 0.3) is 0 Å².